The van der Waals surface area contributed by atoms with Crippen LogP contribution in [0.3, 0.4) is 0 Å². The quantitative estimate of drug-likeness (QED) is 0.571. The van der Waals surface area contributed by atoms with E-state index in [1.165, 1.54) is 36.0 Å². The zero-order valence-corrected chi connectivity index (χ0v) is 17.2. The average Bonchev–Trinajstić information content (AvgIpc) is 2.66. The molecule has 1 aliphatic heterocycles. The van der Waals surface area contributed by atoms with Gasteiger partial charge in [-0.15, -0.1) is 11.8 Å². The third-order valence-corrected chi connectivity index (χ3v) is 6.17. The first-order chi connectivity index (χ1) is 13.2. The molecule has 0 fully saturated rings. The van der Waals surface area contributed by atoms with Crippen molar-refractivity contribution in [3.8, 4) is 0 Å². The predicted molar refractivity (Wildman–Crippen MR) is 110 cm³/mol. The second kappa shape index (κ2) is 8.36. The maximum absolute atomic E-state index is 12.6. The fourth-order valence-corrected chi connectivity index (χ4v) is 4.77. The molecule has 1 aliphatic rings. The highest BCUT2D eigenvalue weighted by molar-refractivity contribution is 8.00. The molecule has 0 bridgehead atoms. The van der Waals surface area contributed by atoms with Crippen molar-refractivity contribution in [1.82, 2.24) is 0 Å². The molecular formula is C20H21NO5S2. The zero-order valence-electron chi connectivity index (χ0n) is 15.5. The lowest BCUT2D eigenvalue weighted by molar-refractivity contribution is -0.145. The fourth-order valence-electron chi connectivity index (χ4n) is 3.03. The number of anilines is 1. The number of benzene rings is 2. The molecule has 1 N–H and O–H groups in total. The van der Waals surface area contributed by atoms with E-state index < -0.39 is 27.3 Å². The summed E-state index contributed by atoms with van der Waals surface area (Å²) in [5.74, 6) is 0.0650. The molecule has 2 aromatic rings. The monoisotopic (exact) mass is 419 g/mol. The number of hydrogen-bond acceptors (Lipinski definition) is 6. The molecule has 0 spiro atoms. The lowest BCUT2D eigenvalue weighted by Crippen LogP contribution is -2.28. The fraction of sp³-hybridized carbons (Fsp3) is 0.300. The summed E-state index contributed by atoms with van der Waals surface area (Å²) in [6, 6.07) is 13.8. The van der Waals surface area contributed by atoms with E-state index in [9.17, 15) is 18.0 Å². The molecule has 0 saturated heterocycles. The maximum atomic E-state index is 12.6. The van der Waals surface area contributed by atoms with Gasteiger partial charge in [0.05, 0.1) is 6.26 Å². The van der Waals surface area contributed by atoms with Crippen LogP contribution in [0.1, 0.15) is 33.7 Å². The Morgan fingerprint density at radius 2 is 1.82 bits per heavy atom. The van der Waals surface area contributed by atoms with Crippen LogP contribution in [-0.4, -0.2) is 38.3 Å². The van der Waals surface area contributed by atoms with Crippen LogP contribution in [-0.2, 0) is 26.0 Å². The molecule has 0 saturated carbocycles. The summed E-state index contributed by atoms with van der Waals surface area (Å²) < 4.78 is 30.3. The van der Waals surface area contributed by atoms with E-state index in [-0.39, 0.29) is 5.78 Å². The van der Waals surface area contributed by atoms with Crippen LogP contribution in [0.4, 0.5) is 5.69 Å². The zero-order chi connectivity index (χ0) is 20.3. The molecule has 0 amide bonds. The standard InChI is InChI=1S/C20H21NO5S2/c1-13(18(22)15-7-9-16(10-8-15)21-28(2,24)25)26-20(23)19-17-6-4-3-5-14(17)11-12-27-19/h3-10,13,19,21H,11-12H2,1-2H3/t13-,19-/m0/s1. The van der Waals surface area contributed by atoms with E-state index in [0.717, 1.165) is 29.6 Å². The van der Waals surface area contributed by atoms with Gasteiger partial charge in [-0.3, -0.25) is 14.3 Å². The van der Waals surface area contributed by atoms with E-state index in [2.05, 4.69) is 4.72 Å². The summed E-state index contributed by atoms with van der Waals surface area (Å²) in [7, 11) is -3.39. The van der Waals surface area contributed by atoms with Crippen molar-refractivity contribution >= 4 is 39.2 Å². The second-order valence-electron chi connectivity index (χ2n) is 6.59. The van der Waals surface area contributed by atoms with Gasteiger partial charge in [0.1, 0.15) is 5.25 Å². The van der Waals surface area contributed by atoms with Crippen LogP contribution < -0.4 is 4.72 Å². The van der Waals surface area contributed by atoms with E-state index >= 15 is 0 Å². The van der Waals surface area contributed by atoms with Gasteiger partial charge in [-0.1, -0.05) is 24.3 Å². The van der Waals surface area contributed by atoms with Crippen LogP contribution in [0.2, 0.25) is 0 Å². The van der Waals surface area contributed by atoms with E-state index in [1.807, 2.05) is 24.3 Å². The predicted octanol–water partition coefficient (Wildman–Crippen LogP) is 3.20. The Morgan fingerprint density at radius 1 is 1.14 bits per heavy atom. The number of rotatable bonds is 6. The number of esters is 1. The number of Topliss-reactive ketones (excluding diaryl/α,β-unsaturated/α-hetero) is 1. The number of thioether (sulfide) groups is 1. The topological polar surface area (TPSA) is 89.5 Å². The highest BCUT2D eigenvalue weighted by Crippen LogP contribution is 2.37. The Bertz CT molecular complexity index is 986. The number of nitrogens with one attached hydrogen (secondary N) is 1. The van der Waals surface area contributed by atoms with Crippen molar-refractivity contribution in [3.63, 3.8) is 0 Å². The highest BCUT2D eigenvalue weighted by atomic mass is 32.2. The van der Waals surface area contributed by atoms with Gasteiger partial charge < -0.3 is 4.74 Å². The molecule has 8 heteroatoms. The largest absolute Gasteiger partial charge is 0.453 e. The summed E-state index contributed by atoms with van der Waals surface area (Å²) in [5.41, 5.74) is 2.78. The van der Waals surface area contributed by atoms with Crippen molar-refractivity contribution < 1.29 is 22.7 Å². The number of carbonyl (C=O) groups is 2. The molecule has 28 heavy (non-hydrogen) atoms. The van der Waals surface area contributed by atoms with Gasteiger partial charge in [0.2, 0.25) is 15.8 Å². The summed E-state index contributed by atoms with van der Waals surface area (Å²) >= 11 is 1.52. The number of hydrogen-bond donors (Lipinski definition) is 1. The molecule has 6 nitrogen and oxygen atoms in total. The minimum absolute atomic E-state index is 0.339. The lowest BCUT2D eigenvalue weighted by Gasteiger charge is -2.24. The number of sulfonamides is 1. The number of fused-ring (bicyclic) bond motifs is 1. The Hall–Kier alpha value is -2.32. The first-order valence-corrected chi connectivity index (χ1v) is 11.7. The molecule has 1 heterocycles. The molecule has 0 aliphatic carbocycles. The van der Waals surface area contributed by atoms with Crippen molar-refractivity contribution in [2.45, 2.75) is 24.7 Å². The highest BCUT2D eigenvalue weighted by Gasteiger charge is 2.30. The number of ether oxygens (including phenoxy) is 1. The van der Waals surface area contributed by atoms with Gasteiger partial charge in [-0.2, -0.15) is 0 Å². The minimum Gasteiger partial charge on any atom is -0.453 e. The molecule has 2 atom stereocenters. The van der Waals surface area contributed by atoms with Crippen molar-refractivity contribution in [2.75, 3.05) is 16.7 Å². The summed E-state index contributed by atoms with van der Waals surface area (Å²) in [6.07, 6.45) is 1.03. The van der Waals surface area contributed by atoms with Gasteiger partial charge in [-0.25, -0.2) is 8.42 Å². The third kappa shape index (κ3) is 4.94. The van der Waals surface area contributed by atoms with Gasteiger partial charge in [-0.05, 0) is 54.5 Å². The van der Waals surface area contributed by atoms with E-state index in [0.29, 0.717) is 11.3 Å². The van der Waals surface area contributed by atoms with Crippen LogP contribution in [0.15, 0.2) is 48.5 Å². The lowest BCUT2D eigenvalue weighted by atomic mass is 10.0. The molecule has 0 unspecified atom stereocenters. The first-order valence-electron chi connectivity index (χ1n) is 8.76. The Kier molecular flexibility index (Phi) is 6.10. The first kappa shape index (κ1) is 20.4. The van der Waals surface area contributed by atoms with Crippen LogP contribution in [0.25, 0.3) is 0 Å². The molecular weight excluding hydrogens is 398 g/mol. The van der Waals surface area contributed by atoms with Gasteiger partial charge >= 0.3 is 5.97 Å². The SMILES string of the molecule is C[C@H](OC(=O)[C@H]1SCCc2ccccc21)C(=O)c1ccc(NS(C)(=O)=O)cc1. The van der Waals surface area contributed by atoms with Gasteiger partial charge in [0.15, 0.2) is 6.10 Å². The second-order valence-corrected chi connectivity index (χ2v) is 9.56. The molecule has 3 rings (SSSR count). The molecule has 148 valence electrons. The summed E-state index contributed by atoms with van der Waals surface area (Å²) in [6.45, 7) is 1.54. The summed E-state index contributed by atoms with van der Waals surface area (Å²) in [4.78, 5) is 25.2. The van der Waals surface area contributed by atoms with Gasteiger partial charge in [0.25, 0.3) is 0 Å². The normalized spacial score (nSPS) is 17.3. The van der Waals surface area contributed by atoms with Crippen molar-refractivity contribution in [1.29, 1.82) is 0 Å². The maximum Gasteiger partial charge on any atom is 0.324 e. The van der Waals surface area contributed by atoms with Crippen LogP contribution in [0, 0.1) is 0 Å². The van der Waals surface area contributed by atoms with E-state index in [1.54, 1.807) is 6.92 Å². The Morgan fingerprint density at radius 3 is 2.50 bits per heavy atom. The number of aryl methyl sites for hydroxylation is 1. The van der Waals surface area contributed by atoms with Gasteiger partial charge in [0, 0.05) is 11.3 Å². The average molecular weight is 420 g/mol. The number of ketones is 1. The molecule has 0 aromatic heterocycles. The van der Waals surface area contributed by atoms with Crippen molar-refractivity contribution in [3.05, 3.63) is 65.2 Å². The molecule has 0 radical (unpaired) electrons. The van der Waals surface area contributed by atoms with Crippen LogP contribution >= 0.6 is 11.8 Å². The minimum atomic E-state index is -3.39. The Labute approximate surface area is 168 Å². The van der Waals surface area contributed by atoms with Crippen LogP contribution in [0.5, 0.6) is 0 Å². The van der Waals surface area contributed by atoms with E-state index in [4.69, 9.17) is 4.74 Å². The molecule has 2 aromatic carbocycles. The number of carbonyl (C=O) groups excluding carboxylic acids is 2. The smallest absolute Gasteiger partial charge is 0.324 e. The third-order valence-electron chi connectivity index (χ3n) is 4.34. The summed E-state index contributed by atoms with van der Waals surface area (Å²) in [5, 5.41) is -0.429. The Balaban J connectivity index is 1.67. The van der Waals surface area contributed by atoms with Crippen molar-refractivity contribution in [2.24, 2.45) is 0 Å².